The molecule has 0 bridgehead atoms. The first-order valence-electron chi connectivity index (χ1n) is 8.82. The highest BCUT2D eigenvalue weighted by atomic mass is 32.2. The summed E-state index contributed by atoms with van der Waals surface area (Å²) in [6, 6.07) is 4.09. The van der Waals surface area contributed by atoms with Crippen LogP contribution in [0, 0.1) is 6.92 Å². The molecule has 1 aliphatic rings. The highest BCUT2D eigenvalue weighted by molar-refractivity contribution is 8.01. The summed E-state index contributed by atoms with van der Waals surface area (Å²) >= 11 is 2.93. The Balaban J connectivity index is 1.51. The maximum absolute atomic E-state index is 12.4. The fraction of sp³-hybridized carbons (Fsp3) is 0.500. The molecular formula is C18H25N4O3S2+. The Hall–Kier alpha value is -1.84. The van der Waals surface area contributed by atoms with Gasteiger partial charge in [0.15, 0.2) is 15.8 Å². The van der Waals surface area contributed by atoms with Crippen LogP contribution in [0.2, 0.25) is 0 Å². The van der Waals surface area contributed by atoms with E-state index in [-0.39, 0.29) is 5.91 Å². The van der Waals surface area contributed by atoms with Crippen molar-refractivity contribution < 1.29 is 19.2 Å². The van der Waals surface area contributed by atoms with Crippen LogP contribution in [0.4, 0.5) is 0 Å². The van der Waals surface area contributed by atoms with E-state index in [1.165, 1.54) is 39.1 Å². The Kier molecular flexibility index (Phi) is 6.92. The maximum Gasteiger partial charge on any atom is 0.233 e. The molecule has 0 saturated carbocycles. The van der Waals surface area contributed by atoms with Crippen LogP contribution in [0.25, 0.3) is 0 Å². The Bertz CT molecular complexity index is 762. The van der Waals surface area contributed by atoms with Crippen molar-refractivity contribution in [2.24, 2.45) is 0 Å². The van der Waals surface area contributed by atoms with Gasteiger partial charge in [-0.3, -0.25) is 4.79 Å². The van der Waals surface area contributed by atoms with Gasteiger partial charge in [0.25, 0.3) is 0 Å². The molecule has 1 aromatic heterocycles. The molecule has 1 aromatic carbocycles. The second kappa shape index (κ2) is 9.38. The van der Waals surface area contributed by atoms with Crippen molar-refractivity contribution in [2.75, 3.05) is 46.2 Å². The zero-order valence-corrected chi connectivity index (χ0v) is 17.5. The van der Waals surface area contributed by atoms with Crippen molar-refractivity contribution in [3.05, 3.63) is 28.8 Å². The first-order valence-corrected chi connectivity index (χ1v) is 10.7. The number of amides is 1. The number of carbonyl (C=O) groups excluding carboxylic acids is 1. The number of nitrogens with one attached hydrogen (secondary N) is 1. The Labute approximate surface area is 167 Å². The second-order valence-electron chi connectivity index (χ2n) is 6.43. The van der Waals surface area contributed by atoms with Crippen molar-refractivity contribution in [1.82, 2.24) is 15.1 Å². The van der Waals surface area contributed by atoms with Crippen molar-refractivity contribution in [2.45, 2.75) is 17.8 Å². The molecule has 0 aliphatic carbocycles. The number of nitrogens with zero attached hydrogens (tertiary/aromatic N) is 3. The highest BCUT2D eigenvalue weighted by Gasteiger charge is 2.24. The second-order valence-corrected chi connectivity index (χ2v) is 8.49. The number of quaternary nitrogens is 1. The average molecular weight is 410 g/mol. The van der Waals surface area contributed by atoms with Gasteiger partial charge in [0.2, 0.25) is 5.91 Å². The summed E-state index contributed by atoms with van der Waals surface area (Å²) in [5, 5.41) is 7.76. The summed E-state index contributed by atoms with van der Waals surface area (Å²) in [7, 11) is 3.32. The van der Waals surface area contributed by atoms with E-state index in [2.05, 4.69) is 23.2 Å². The summed E-state index contributed by atoms with van der Waals surface area (Å²) in [5.74, 6) is 2.13. The number of hydrogen-bond acceptors (Lipinski definition) is 7. The van der Waals surface area contributed by atoms with Gasteiger partial charge >= 0.3 is 0 Å². The third-order valence-electron chi connectivity index (χ3n) is 4.76. The molecular weight excluding hydrogens is 384 g/mol. The summed E-state index contributed by atoms with van der Waals surface area (Å²) in [4.78, 5) is 15.8. The quantitative estimate of drug-likeness (QED) is 0.685. The zero-order valence-electron chi connectivity index (χ0n) is 15.9. The van der Waals surface area contributed by atoms with Gasteiger partial charge in [-0.2, -0.15) is 0 Å². The number of aromatic nitrogens is 2. The molecule has 7 nitrogen and oxygen atoms in total. The van der Waals surface area contributed by atoms with Crippen LogP contribution in [0.5, 0.6) is 11.5 Å². The molecule has 2 heterocycles. The lowest BCUT2D eigenvalue weighted by atomic mass is 10.1. The minimum atomic E-state index is 0.177. The zero-order chi connectivity index (χ0) is 19.2. The number of aryl methyl sites for hydroxylation is 1. The van der Waals surface area contributed by atoms with E-state index >= 15 is 0 Å². The predicted octanol–water partition coefficient (Wildman–Crippen LogP) is 0.883. The van der Waals surface area contributed by atoms with Gasteiger partial charge in [0.05, 0.1) is 46.2 Å². The Morgan fingerprint density at radius 1 is 1.26 bits per heavy atom. The molecule has 1 saturated heterocycles. The number of benzene rings is 1. The molecule has 0 spiro atoms. The summed E-state index contributed by atoms with van der Waals surface area (Å²) in [6.07, 6.45) is 0. The van der Waals surface area contributed by atoms with Crippen molar-refractivity contribution >= 4 is 29.0 Å². The minimum absolute atomic E-state index is 0.177. The van der Waals surface area contributed by atoms with Crippen molar-refractivity contribution in [1.29, 1.82) is 0 Å². The van der Waals surface area contributed by atoms with Crippen LogP contribution in [-0.4, -0.2) is 67.2 Å². The summed E-state index contributed by atoms with van der Waals surface area (Å²) in [5.41, 5.74) is 4.15. The van der Waals surface area contributed by atoms with Crippen LogP contribution in [0.3, 0.4) is 0 Å². The van der Waals surface area contributed by atoms with E-state index in [1.807, 2.05) is 11.0 Å². The molecule has 9 heteroatoms. The summed E-state index contributed by atoms with van der Waals surface area (Å²) < 4.78 is 11.6. The van der Waals surface area contributed by atoms with Gasteiger partial charge in [0, 0.05) is 5.56 Å². The van der Waals surface area contributed by atoms with Crippen molar-refractivity contribution in [3.8, 4) is 11.5 Å². The number of rotatable bonds is 7. The molecule has 0 radical (unpaired) electrons. The molecule has 27 heavy (non-hydrogen) atoms. The topological polar surface area (TPSA) is 69.0 Å². The largest absolute Gasteiger partial charge is 0.493 e. The highest BCUT2D eigenvalue weighted by Crippen LogP contribution is 2.30. The molecule has 0 atom stereocenters. The SMILES string of the molecule is COc1cc(C)c(C[NH+]2CCN(C(=O)CSc3nncs3)CC2)cc1OC. The van der Waals surface area contributed by atoms with Crippen LogP contribution in [0.1, 0.15) is 11.1 Å². The number of piperazine rings is 1. The van der Waals surface area contributed by atoms with Crippen LogP contribution in [0.15, 0.2) is 22.0 Å². The molecule has 0 unspecified atom stereocenters. The number of hydrogen-bond donors (Lipinski definition) is 1. The molecule has 1 amide bonds. The number of thioether (sulfide) groups is 1. The first-order chi connectivity index (χ1) is 13.1. The normalized spacial score (nSPS) is 15.0. The van der Waals surface area contributed by atoms with Gasteiger partial charge < -0.3 is 19.3 Å². The summed E-state index contributed by atoms with van der Waals surface area (Å²) in [6.45, 7) is 6.50. The van der Waals surface area contributed by atoms with Gasteiger partial charge in [-0.25, -0.2) is 0 Å². The lowest BCUT2D eigenvalue weighted by molar-refractivity contribution is -0.917. The van der Waals surface area contributed by atoms with Crippen LogP contribution < -0.4 is 14.4 Å². The maximum atomic E-state index is 12.4. The molecule has 2 aromatic rings. The lowest BCUT2D eigenvalue weighted by Crippen LogP contribution is -3.13. The third kappa shape index (κ3) is 5.12. The van der Waals surface area contributed by atoms with E-state index in [4.69, 9.17) is 9.47 Å². The minimum Gasteiger partial charge on any atom is -0.493 e. The first kappa shape index (κ1) is 19.9. The standard InChI is InChI=1S/C18H24N4O3S2/c1-13-8-15(24-2)16(25-3)9-14(13)10-21-4-6-22(7-5-21)17(23)11-26-18-20-19-12-27-18/h8-9,12H,4-7,10-11H2,1-3H3/p+1. The molecule has 3 rings (SSSR count). The van der Waals surface area contributed by atoms with E-state index in [0.29, 0.717) is 5.75 Å². The number of ether oxygens (including phenoxy) is 2. The van der Waals surface area contributed by atoms with E-state index in [9.17, 15) is 4.79 Å². The monoisotopic (exact) mass is 409 g/mol. The molecule has 146 valence electrons. The molecule has 1 fully saturated rings. The van der Waals surface area contributed by atoms with E-state index in [1.54, 1.807) is 19.7 Å². The van der Waals surface area contributed by atoms with Gasteiger partial charge in [0.1, 0.15) is 12.1 Å². The van der Waals surface area contributed by atoms with Gasteiger partial charge in [-0.1, -0.05) is 23.1 Å². The fourth-order valence-electron chi connectivity index (χ4n) is 3.17. The lowest BCUT2D eigenvalue weighted by Gasteiger charge is -2.32. The smallest absolute Gasteiger partial charge is 0.233 e. The Morgan fingerprint density at radius 3 is 2.59 bits per heavy atom. The van der Waals surface area contributed by atoms with E-state index < -0.39 is 0 Å². The van der Waals surface area contributed by atoms with Gasteiger partial charge in [-0.05, 0) is 24.6 Å². The number of carbonyl (C=O) groups is 1. The third-order valence-corrected chi connectivity index (χ3v) is 6.61. The molecule has 1 aliphatic heterocycles. The van der Waals surface area contributed by atoms with Crippen LogP contribution in [-0.2, 0) is 11.3 Å². The Morgan fingerprint density at radius 2 is 1.96 bits per heavy atom. The van der Waals surface area contributed by atoms with E-state index in [0.717, 1.165) is 48.6 Å². The van der Waals surface area contributed by atoms with Crippen LogP contribution >= 0.6 is 23.1 Å². The number of methoxy groups -OCH3 is 2. The fourth-order valence-corrected chi connectivity index (χ4v) is 4.56. The molecule has 1 N–H and O–H groups in total. The van der Waals surface area contributed by atoms with Gasteiger partial charge in [-0.15, -0.1) is 10.2 Å². The average Bonchev–Trinajstić information content (AvgIpc) is 3.21. The van der Waals surface area contributed by atoms with Crippen molar-refractivity contribution in [3.63, 3.8) is 0 Å². The predicted molar refractivity (Wildman–Crippen MR) is 106 cm³/mol.